The standard InChI is InChI=1S/C13H20N2O/c1-10-6-13(7-11(2)15-10)16-9-12-4-3-5-14-8-12/h6-7,12,14H,3-5,8-9H2,1-2H3. The maximum atomic E-state index is 5.83. The molecule has 0 amide bonds. The van der Waals surface area contributed by atoms with Crippen molar-refractivity contribution < 1.29 is 4.74 Å². The Morgan fingerprint density at radius 3 is 2.75 bits per heavy atom. The number of pyridine rings is 1. The smallest absolute Gasteiger partial charge is 0.122 e. The molecule has 0 radical (unpaired) electrons. The zero-order valence-electron chi connectivity index (χ0n) is 10.1. The van der Waals surface area contributed by atoms with Crippen molar-refractivity contribution in [3.05, 3.63) is 23.5 Å². The average Bonchev–Trinajstić information content (AvgIpc) is 2.27. The minimum Gasteiger partial charge on any atom is -0.493 e. The van der Waals surface area contributed by atoms with Gasteiger partial charge in [-0.05, 0) is 33.2 Å². The van der Waals surface area contributed by atoms with Gasteiger partial charge in [-0.1, -0.05) is 0 Å². The number of piperidine rings is 1. The van der Waals surface area contributed by atoms with Crippen LogP contribution < -0.4 is 10.1 Å². The maximum absolute atomic E-state index is 5.83. The van der Waals surface area contributed by atoms with Crippen molar-refractivity contribution in [2.75, 3.05) is 19.7 Å². The van der Waals surface area contributed by atoms with E-state index in [-0.39, 0.29) is 0 Å². The molecular weight excluding hydrogens is 200 g/mol. The van der Waals surface area contributed by atoms with E-state index in [0.717, 1.165) is 36.8 Å². The van der Waals surface area contributed by atoms with Gasteiger partial charge in [0.15, 0.2) is 0 Å². The Hall–Kier alpha value is -1.09. The van der Waals surface area contributed by atoms with Gasteiger partial charge in [0, 0.05) is 36.0 Å². The molecule has 1 saturated heterocycles. The molecule has 1 N–H and O–H groups in total. The van der Waals surface area contributed by atoms with Gasteiger partial charge >= 0.3 is 0 Å². The first kappa shape index (κ1) is 11.4. The maximum Gasteiger partial charge on any atom is 0.122 e. The van der Waals surface area contributed by atoms with Crippen molar-refractivity contribution in [2.45, 2.75) is 26.7 Å². The molecule has 1 aliphatic heterocycles. The minimum atomic E-state index is 0.655. The molecule has 3 heteroatoms. The number of nitrogens with one attached hydrogen (secondary N) is 1. The Balaban J connectivity index is 1.88. The summed E-state index contributed by atoms with van der Waals surface area (Å²) >= 11 is 0. The molecule has 1 unspecified atom stereocenters. The van der Waals surface area contributed by atoms with E-state index in [1.54, 1.807) is 0 Å². The van der Waals surface area contributed by atoms with Crippen LogP contribution in [0.15, 0.2) is 12.1 Å². The molecule has 3 nitrogen and oxygen atoms in total. The van der Waals surface area contributed by atoms with E-state index in [9.17, 15) is 0 Å². The van der Waals surface area contributed by atoms with Gasteiger partial charge in [0.25, 0.3) is 0 Å². The molecule has 0 bridgehead atoms. The van der Waals surface area contributed by atoms with Gasteiger partial charge < -0.3 is 10.1 Å². The number of aromatic nitrogens is 1. The van der Waals surface area contributed by atoms with E-state index in [2.05, 4.69) is 10.3 Å². The Kier molecular flexibility index (Phi) is 3.78. The van der Waals surface area contributed by atoms with Crippen LogP contribution in [-0.4, -0.2) is 24.7 Å². The summed E-state index contributed by atoms with van der Waals surface area (Å²) in [6.45, 7) is 7.06. The van der Waals surface area contributed by atoms with Gasteiger partial charge in [0.05, 0.1) is 6.61 Å². The summed E-state index contributed by atoms with van der Waals surface area (Å²) in [5.41, 5.74) is 2.05. The number of rotatable bonds is 3. The second kappa shape index (κ2) is 5.30. The molecule has 0 spiro atoms. The summed E-state index contributed by atoms with van der Waals surface area (Å²) in [5.74, 6) is 1.61. The molecule has 1 aromatic heterocycles. The topological polar surface area (TPSA) is 34.1 Å². The van der Waals surface area contributed by atoms with Crippen molar-refractivity contribution >= 4 is 0 Å². The first-order valence-corrected chi connectivity index (χ1v) is 6.03. The lowest BCUT2D eigenvalue weighted by Gasteiger charge is -2.22. The van der Waals surface area contributed by atoms with Crippen LogP contribution in [0.1, 0.15) is 24.2 Å². The molecule has 0 aliphatic carbocycles. The highest BCUT2D eigenvalue weighted by molar-refractivity contribution is 5.26. The second-order valence-electron chi connectivity index (χ2n) is 4.61. The number of hydrogen-bond acceptors (Lipinski definition) is 3. The van der Waals surface area contributed by atoms with Crippen LogP contribution in [0.3, 0.4) is 0 Å². The summed E-state index contributed by atoms with van der Waals surface area (Å²) < 4.78 is 5.83. The molecule has 2 rings (SSSR count). The first-order valence-electron chi connectivity index (χ1n) is 6.03. The van der Waals surface area contributed by atoms with Crippen molar-refractivity contribution in [2.24, 2.45) is 5.92 Å². The molecule has 0 aromatic carbocycles. The fraction of sp³-hybridized carbons (Fsp3) is 0.615. The zero-order chi connectivity index (χ0) is 11.4. The number of ether oxygens (including phenoxy) is 1. The van der Waals surface area contributed by atoms with Crippen molar-refractivity contribution in [3.63, 3.8) is 0 Å². The number of aryl methyl sites for hydroxylation is 2. The second-order valence-corrected chi connectivity index (χ2v) is 4.61. The lowest BCUT2D eigenvalue weighted by Crippen LogP contribution is -2.33. The fourth-order valence-corrected chi connectivity index (χ4v) is 2.16. The third-order valence-electron chi connectivity index (χ3n) is 2.94. The first-order chi connectivity index (χ1) is 7.74. The average molecular weight is 220 g/mol. The quantitative estimate of drug-likeness (QED) is 0.847. The summed E-state index contributed by atoms with van der Waals surface area (Å²) in [6, 6.07) is 4.01. The molecule has 1 atom stereocenters. The molecular formula is C13H20N2O. The highest BCUT2D eigenvalue weighted by Crippen LogP contribution is 2.16. The van der Waals surface area contributed by atoms with E-state index < -0.39 is 0 Å². The van der Waals surface area contributed by atoms with Gasteiger partial charge in [-0.3, -0.25) is 4.98 Å². The van der Waals surface area contributed by atoms with Crippen molar-refractivity contribution in [1.29, 1.82) is 0 Å². The van der Waals surface area contributed by atoms with Gasteiger partial charge in [-0.25, -0.2) is 0 Å². The largest absolute Gasteiger partial charge is 0.493 e. The number of nitrogens with zero attached hydrogens (tertiary/aromatic N) is 1. The van der Waals surface area contributed by atoms with Gasteiger partial charge in [0.2, 0.25) is 0 Å². The van der Waals surface area contributed by atoms with E-state index >= 15 is 0 Å². The highest BCUT2D eigenvalue weighted by Gasteiger charge is 2.13. The summed E-state index contributed by atoms with van der Waals surface area (Å²) in [6.07, 6.45) is 2.54. The van der Waals surface area contributed by atoms with Crippen LogP contribution in [0.2, 0.25) is 0 Å². The summed E-state index contributed by atoms with van der Waals surface area (Å²) in [7, 11) is 0. The lowest BCUT2D eigenvalue weighted by atomic mass is 10.0. The minimum absolute atomic E-state index is 0.655. The monoisotopic (exact) mass is 220 g/mol. The van der Waals surface area contributed by atoms with E-state index in [4.69, 9.17) is 4.74 Å². The highest BCUT2D eigenvalue weighted by atomic mass is 16.5. The molecule has 88 valence electrons. The van der Waals surface area contributed by atoms with Crippen LogP contribution in [0, 0.1) is 19.8 Å². The molecule has 2 heterocycles. The lowest BCUT2D eigenvalue weighted by molar-refractivity contribution is 0.218. The van der Waals surface area contributed by atoms with Gasteiger partial charge in [-0.15, -0.1) is 0 Å². The molecule has 0 saturated carbocycles. The van der Waals surface area contributed by atoms with Crippen LogP contribution >= 0.6 is 0 Å². The van der Waals surface area contributed by atoms with Crippen LogP contribution in [0.4, 0.5) is 0 Å². The zero-order valence-corrected chi connectivity index (χ0v) is 10.1. The normalized spacial score (nSPS) is 20.8. The third-order valence-corrected chi connectivity index (χ3v) is 2.94. The Morgan fingerprint density at radius 2 is 2.12 bits per heavy atom. The summed E-state index contributed by atoms with van der Waals surface area (Å²) in [5, 5.41) is 3.40. The third kappa shape index (κ3) is 3.20. The van der Waals surface area contributed by atoms with Crippen LogP contribution in [0.5, 0.6) is 5.75 Å². The van der Waals surface area contributed by atoms with E-state index in [0.29, 0.717) is 5.92 Å². The van der Waals surface area contributed by atoms with Crippen LogP contribution in [-0.2, 0) is 0 Å². The van der Waals surface area contributed by atoms with Gasteiger partial charge in [-0.2, -0.15) is 0 Å². The molecule has 1 fully saturated rings. The predicted molar refractivity (Wildman–Crippen MR) is 64.8 cm³/mol. The molecule has 16 heavy (non-hydrogen) atoms. The predicted octanol–water partition coefficient (Wildman–Crippen LogP) is 2.08. The van der Waals surface area contributed by atoms with E-state index in [1.807, 2.05) is 26.0 Å². The molecule has 1 aliphatic rings. The SMILES string of the molecule is Cc1cc(OCC2CCCNC2)cc(C)n1. The fourth-order valence-electron chi connectivity index (χ4n) is 2.16. The van der Waals surface area contributed by atoms with Crippen LogP contribution in [0.25, 0.3) is 0 Å². The Labute approximate surface area is 97.2 Å². The van der Waals surface area contributed by atoms with Gasteiger partial charge in [0.1, 0.15) is 5.75 Å². The van der Waals surface area contributed by atoms with E-state index in [1.165, 1.54) is 12.8 Å². The molecule has 1 aromatic rings. The Morgan fingerprint density at radius 1 is 1.38 bits per heavy atom. The number of hydrogen-bond donors (Lipinski definition) is 1. The Bertz CT molecular complexity index is 326. The van der Waals surface area contributed by atoms with Crippen molar-refractivity contribution in [3.8, 4) is 5.75 Å². The summed E-state index contributed by atoms with van der Waals surface area (Å²) in [4.78, 5) is 4.34. The van der Waals surface area contributed by atoms with Crippen molar-refractivity contribution in [1.82, 2.24) is 10.3 Å².